The Kier molecular flexibility index (Phi) is 5.35. The van der Waals surface area contributed by atoms with Gasteiger partial charge in [0.25, 0.3) is 0 Å². The van der Waals surface area contributed by atoms with E-state index in [0.29, 0.717) is 24.3 Å². The molecule has 1 aliphatic heterocycles. The fourth-order valence-electron chi connectivity index (χ4n) is 2.78. The number of urea groups is 1. The van der Waals surface area contributed by atoms with Crippen LogP contribution >= 0.6 is 0 Å². The van der Waals surface area contributed by atoms with Gasteiger partial charge in [0.15, 0.2) is 0 Å². The number of anilines is 1. The molecule has 1 N–H and O–H groups in total. The Morgan fingerprint density at radius 1 is 1.16 bits per heavy atom. The summed E-state index contributed by atoms with van der Waals surface area (Å²) in [6, 6.07) is 10.4. The number of furan rings is 1. The summed E-state index contributed by atoms with van der Waals surface area (Å²) < 4.78 is 10.0. The van der Waals surface area contributed by atoms with Gasteiger partial charge in [-0.25, -0.2) is 9.59 Å². The minimum absolute atomic E-state index is 0.167. The normalized spacial score (nSPS) is 15.0. The number of methoxy groups -OCH3 is 1. The highest BCUT2D eigenvalue weighted by atomic mass is 16.5. The van der Waals surface area contributed by atoms with Gasteiger partial charge in [0, 0.05) is 31.9 Å². The minimum atomic E-state index is -0.428. The number of ether oxygens (including phenoxy) is 1. The Balaban J connectivity index is 1.52. The molecule has 1 fully saturated rings. The molecule has 2 heterocycles. The lowest BCUT2D eigenvalue weighted by Crippen LogP contribution is -2.49. The monoisotopic (exact) mass is 343 g/mol. The zero-order valence-electron chi connectivity index (χ0n) is 14.1. The molecule has 132 valence electrons. The van der Waals surface area contributed by atoms with Crippen molar-refractivity contribution in [2.45, 2.75) is 6.54 Å². The molecule has 0 atom stereocenters. The third-order valence-electron chi connectivity index (χ3n) is 4.15. The van der Waals surface area contributed by atoms with Gasteiger partial charge in [-0.1, -0.05) is 6.07 Å². The second-order valence-electron chi connectivity index (χ2n) is 5.85. The SMILES string of the molecule is COC(=O)c1cccc(NC(=O)N2CCN(Cc3ccco3)CC2)c1. The van der Waals surface area contributed by atoms with Gasteiger partial charge in [0.1, 0.15) is 5.76 Å². The van der Waals surface area contributed by atoms with E-state index in [1.165, 1.54) is 7.11 Å². The van der Waals surface area contributed by atoms with Crippen LogP contribution in [0.4, 0.5) is 10.5 Å². The molecule has 0 radical (unpaired) electrons. The van der Waals surface area contributed by atoms with Crippen LogP contribution in [0.5, 0.6) is 0 Å². The van der Waals surface area contributed by atoms with Gasteiger partial charge >= 0.3 is 12.0 Å². The Bertz CT molecular complexity index is 722. The molecule has 2 aromatic rings. The predicted octanol–water partition coefficient (Wildman–Crippen LogP) is 2.42. The molecule has 3 rings (SSSR count). The Hall–Kier alpha value is -2.80. The van der Waals surface area contributed by atoms with Crippen molar-refractivity contribution in [2.75, 3.05) is 38.6 Å². The van der Waals surface area contributed by atoms with Crippen LogP contribution in [-0.2, 0) is 11.3 Å². The van der Waals surface area contributed by atoms with Crippen molar-refractivity contribution in [1.82, 2.24) is 9.80 Å². The zero-order chi connectivity index (χ0) is 17.6. The maximum atomic E-state index is 12.4. The summed E-state index contributed by atoms with van der Waals surface area (Å²) in [7, 11) is 1.33. The fraction of sp³-hybridized carbons (Fsp3) is 0.333. The molecular formula is C18H21N3O4. The number of hydrogen-bond donors (Lipinski definition) is 1. The standard InChI is InChI=1S/C18H21N3O4/c1-24-17(22)14-4-2-5-15(12-14)19-18(23)21-9-7-20(8-10-21)13-16-6-3-11-25-16/h2-6,11-12H,7-10,13H2,1H3,(H,19,23). The van der Waals surface area contributed by atoms with Crippen LogP contribution in [0.1, 0.15) is 16.1 Å². The Labute approximate surface area is 146 Å². The lowest BCUT2D eigenvalue weighted by atomic mass is 10.2. The number of benzene rings is 1. The molecule has 0 spiro atoms. The fourth-order valence-corrected chi connectivity index (χ4v) is 2.78. The van der Waals surface area contributed by atoms with E-state index in [1.54, 1.807) is 35.4 Å². The van der Waals surface area contributed by atoms with Crippen LogP contribution in [-0.4, -0.2) is 55.1 Å². The Morgan fingerprint density at radius 3 is 2.64 bits per heavy atom. The number of amides is 2. The number of nitrogens with one attached hydrogen (secondary N) is 1. The number of rotatable bonds is 4. The van der Waals surface area contributed by atoms with Gasteiger partial charge in [0.05, 0.1) is 25.5 Å². The van der Waals surface area contributed by atoms with E-state index in [0.717, 1.165) is 25.4 Å². The van der Waals surface area contributed by atoms with Crippen LogP contribution in [0, 0.1) is 0 Å². The molecule has 0 unspecified atom stereocenters. The van der Waals surface area contributed by atoms with Crippen LogP contribution < -0.4 is 5.32 Å². The van der Waals surface area contributed by atoms with Gasteiger partial charge in [0.2, 0.25) is 0 Å². The summed E-state index contributed by atoms with van der Waals surface area (Å²) in [5.74, 6) is 0.500. The van der Waals surface area contributed by atoms with Gasteiger partial charge in [-0.05, 0) is 30.3 Å². The summed E-state index contributed by atoms with van der Waals surface area (Å²) in [4.78, 5) is 28.0. The first-order chi connectivity index (χ1) is 12.2. The molecule has 0 bridgehead atoms. The van der Waals surface area contributed by atoms with E-state index >= 15 is 0 Å². The first-order valence-corrected chi connectivity index (χ1v) is 8.15. The first-order valence-electron chi connectivity index (χ1n) is 8.15. The largest absolute Gasteiger partial charge is 0.468 e. The average Bonchev–Trinajstić information content (AvgIpc) is 3.15. The highest BCUT2D eigenvalue weighted by molar-refractivity contribution is 5.93. The molecule has 25 heavy (non-hydrogen) atoms. The first kappa shape index (κ1) is 17.0. The van der Waals surface area contributed by atoms with Crippen molar-refractivity contribution in [3.05, 3.63) is 54.0 Å². The zero-order valence-corrected chi connectivity index (χ0v) is 14.1. The van der Waals surface area contributed by atoms with Gasteiger partial charge in [-0.2, -0.15) is 0 Å². The van der Waals surface area contributed by atoms with Crippen LogP contribution in [0.2, 0.25) is 0 Å². The second-order valence-corrected chi connectivity index (χ2v) is 5.85. The highest BCUT2D eigenvalue weighted by Gasteiger charge is 2.21. The molecule has 0 saturated carbocycles. The van der Waals surface area contributed by atoms with Gasteiger partial charge < -0.3 is 19.4 Å². The van der Waals surface area contributed by atoms with Gasteiger partial charge in [-0.15, -0.1) is 0 Å². The quantitative estimate of drug-likeness (QED) is 0.863. The second kappa shape index (κ2) is 7.85. The van der Waals surface area contributed by atoms with Crippen molar-refractivity contribution in [1.29, 1.82) is 0 Å². The number of hydrogen-bond acceptors (Lipinski definition) is 5. The molecular weight excluding hydrogens is 322 g/mol. The van der Waals surface area contributed by atoms with E-state index in [9.17, 15) is 9.59 Å². The molecule has 2 amide bonds. The molecule has 1 aromatic carbocycles. The Morgan fingerprint density at radius 2 is 1.96 bits per heavy atom. The van der Waals surface area contributed by atoms with E-state index < -0.39 is 5.97 Å². The molecule has 1 aromatic heterocycles. The predicted molar refractivity (Wildman–Crippen MR) is 92.4 cm³/mol. The van der Waals surface area contributed by atoms with Gasteiger partial charge in [-0.3, -0.25) is 4.90 Å². The van der Waals surface area contributed by atoms with Crippen molar-refractivity contribution in [3.8, 4) is 0 Å². The molecule has 7 nitrogen and oxygen atoms in total. The summed E-state index contributed by atoms with van der Waals surface area (Å²) in [6.07, 6.45) is 1.67. The average molecular weight is 343 g/mol. The molecule has 1 aliphatic rings. The van der Waals surface area contributed by atoms with Crippen molar-refractivity contribution in [2.24, 2.45) is 0 Å². The summed E-state index contributed by atoms with van der Waals surface area (Å²) in [6.45, 7) is 3.61. The van der Waals surface area contributed by atoms with Crippen molar-refractivity contribution >= 4 is 17.7 Å². The lowest BCUT2D eigenvalue weighted by Gasteiger charge is -2.34. The van der Waals surface area contributed by atoms with E-state index in [1.807, 2.05) is 12.1 Å². The van der Waals surface area contributed by atoms with E-state index in [-0.39, 0.29) is 6.03 Å². The summed E-state index contributed by atoms with van der Waals surface area (Å²) in [5, 5.41) is 2.83. The van der Waals surface area contributed by atoms with Crippen molar-refractivity contribution in [3.63, 3.8) is 0 Å². The number of carbonyl (C=O) groups excluding carboxylic acids is 2. The molecule has 1 saturated heterocycles. The van der Waals surface area contributed by atoms with Crippen molar-refractivity contribution < 1.29 is 18.7 Å². The number of nitrogens with zero attached hydrogens (tertiary/aromatic N) is 2. The number of carbonyl (C=O) groups is 2. The number of piperazine rings is 1. The van der Waals surface area contributed by atoms with Crippen LogP contribution in [0.25, 0.3) is 0 Å². The lowest BCUT2D eigenvalue weighted by molar-refractivity contribution is 0.0600. The van der Waals surface area contributed by atoms with Crippen LogP contribution in [0.15, 0.2) is 47.1 Å². The number of esters is 1. The summed E-state index contributed by atoms with van der Waals surface area (Å²) in [5.41, 5.74) is 0.981. The highest BCUT2D eigenvalue weighted by Crippen LogP contribution is 2.14. The van der Waals surface area contributed by atoms with E-state index in [2.05, 4.69) is 10.2 Å². The smallest absolute Gasteiger partial charge is 0.337 e. The van der Waals surface area contributed by atoms with Crippen LogP contribution in [0.3, 0.4) is 0 Å². The third-order valence-corrected chi connectivity index (χ3v) is 4.15. The summed E-state index contributed by atoms with van der Waals surface area (Å²) >= 11 is 0. The molecule has 0 aliphatic carbocycles. The van der Waals surface area contributed by atoms with E-state index in [4.69, 9.17) is 9.15 Å². The maximum absolute atomic E-state index is 12.4. The topological polar surface area (TPSA) is 75.0 Å². The minimum Gasteiger partial charge on any atom is -0.468 e. The maximum Gasteiger partial charge on any atom is 0.337 e. The third kappa shape index (κ3) is 4.39. The molecule has 7 heteroatoms.